The van der Waals surface area contributed by atoms with E-state index in [1.54, 1.807) is 0 Å². The number of thioether (sulfide) groups is 1. The second-order valence-electron chi connectivity index (χ2n) is 4.13. The van der Waals surface area contributed by atoms with Crippen LogP contribution in [-0.2, 0) is 4.79 Å². The molecule has 0 aliphatic carbocycles. The average molecular weight is 368 g/mol. The molecule has 22 heavy (non-hydrogen) atoms. The van der Waals surface area contributed by atoms with Gasteiger partial charge in [-0.3, -0.25) is 4.79 Å². The van der Waals surface area contributed by atoms with E-state index in [0.29, 0.717) is 0 Å². The lowest BCUT2D eigenvalue weighted by molar-refractivity contribution is -0.351. The maximum atomic E-state index is 13.1. The lowest BCUT2D eigenvalue weighted by Crippen LogP contribution is -2.59. The van der Waals surface area contributed by atoms with Crippen molar-refractivity contribution in [2.24, 2.45) is 0 Å². The molecular weight excluding hydrogens is 358 g/mol. The number of halogens is 10. The molecule has 0 aliphatic rings. The smallest absolute Gasteiger partial charge is 0.287 e. The van der Waals surface area contributed by atoms with Crippen molar-refractivity contribution in [3.8, 4) is 0 Å². The molecule has 0 saturated carbocycles. The van der Waals surface area contributed by atoms with Gasteiger partial charge in [-0.15, -0.1) is 0 Å². The molecule has 0 fully saturated rings. The summed E-state index contributed by atoms with van der Waals surface area (Å²) in [5.74, 6) is -19.4. The van der Waals surface area contributed by atoms with Crippen LogP contribution in [-0.4, -0.2) is 41.0 Å². The number of alkyl halides is 10. The van der Waals surface area contributed by atoms with Crippen molar-refractivity contribution in [1.29, 1.82) is 0 Å². The van der Waals surface area contributed by atoms with Crippen LogP contribution in [0, 0.1) is 0 Å². The van der Waals surface area contributed by atoms with Crippen LogP contribution < -0.4 is 0 Å². The fourth-order valence-corrected chi connectivity index (χ4v) is 1.91. The molecule has 132 valence electrons. The van der Waals surface area contributed by atoms with Gasteiger partial charge in [0.1, 0.15) is 0 Å². The van der Waals surface area contributed by atoms with E-state index < -0.39 is 47.4 Å². The van der Waals surface area contributed by atoms with Crippen LogP contribution >= 0.6 is 11.8 Å². The summed E-state index contributed by atoms with van der Waals surface area (Å²) in [6, 6.07) is 0. The molecule has 0 heterocycles. The normalized spacial score (nSPS) is 15.8. The molecule has 0 aromatic rings. The first-order chi connectivity index (χ1) is 9.61. The Kier molecular flexibility index (Phi) is 6.62. The molecular formula is C10H10F10OS. The molecule has 0 aromatic heterocycles. The highest BCUT2D eigenvalue weighted by Gasteiger charge is 2.75. The summed E-state index contributed by atoms with van der Waals surface area (Å²) >= 11 is 0.160. The monoisotopic (exact) mass is 368 g/mol. The van der Waals surface area contributed by atoms with Gasteiger partial charge < -0.3 is 0 Å². The van der Waals surface area contributed by atoms with Gasteiger partial charge in [0.2, 0.25) is 6.17 Å². The van der Waals surface area contributed by atoms with Crippen molar-refractivity contribution < 1.29 is 48.7 Å². The summed E-state index contributed by atoms with van der Waals surface area (Å²) in [5.41, 5.74) is 0. The number of hydrogen-bond acceptors (Lipinski definition) is 2. The standard InChI is InChI=1S/C10H10F10OS/c1-2-5(21)22-4-3-7(12,13)8(14,15)6(11)9(16,17)10(18,19)20/h6H,2-4H2,1H3. The Labute approximate surface area is 122 Å². The Hall–Kier alpha value is -0.680. The third-order valence-corrected chi connectivity index (χ3v) is 3.49. The van der Waals surface area contributed by atoms with E-state index in [0.717, 1.165) is 0 Å². The van der Waals surface area contributed by atoms with E-state index >= 15 is 0 Å². The Bertz CT molecular complexity index is 392. The topological polar surface area (TPSA) is 17.1 Å². The highest BCUT2D eigenvalue weighted by atomic mass is 32.2. The summed E-state index contributed by atoms with van der Waals surface area (Å²) in [6.07, 6.45) is -14.3. The van der Waals surface area contributed by atoms with Crippen molar-refractivity contribution in [2.75, 3.05) is 5.75 Å². The zero-order chi connectivity index (χ0) is 18.0. The SMILES string of the molecule is CCC(=O)SCCC(F)(F)C(F)(F)C(F)C(F)(F)C(F)(F)F. The van der Waals surface area contributed by atoms with Crippen LogP contribution in [0.3, 0.4) is 0 Å². The van der Waals surface area contributed by atoms with Gasteiger partial charge in [-0.2, -0.15) is 39.5 Å². The lowest BCUT2D eigenvalue weighted by Gasteiger charge is -2.33. The maximum Gasteiger partial charge on any atom is 0.456 e. The van der Waals surface area contributed by atoms with Crippen LogP contribution in [0.5, 0.6) is 0 Å². The van der Waals surface area contributed by atoms with Gasteiger partial charge in [0, 0.05) is 18.6 Å². The van der Waals surface area contributed by atoms with Crippen LogP contribution in [0.2, 0.25) is 0 Å². The number of carbonyl (C=O) groups excluding carboxylic acids is 1. The predicted molar refractivity (Wildman–Crippen MR) is 58.2 cm³/mol. The van der Waals surface area contributed by atoms with Crippen LogP contribution in [0.4, 0.5) is 43.9 Å². The van der Waals surface area contributed by atoms with Gasteiger partial charge in [0.05, 0.1) is 0 Å². The van der Waals surface area contributed by atoms with Gasteiger partial charge in [-0.1, -0.05) is 18.7 Å². The van der Waals surface area contributed by atoms with Crippen molar-refractivity contribution in [3.05, 3.63) is 0 Å². The molecule has 12 heteroatoms. The van der Waals surface area contributed by atoms with E-state index in [2.05, 4.69) is 0 Å². The van der Waals surface area contributed by atoms with Crippen LogP contribution in [0.25, 0.3) is 0 Å². The molecule has 0 N–H and O–H groups in total. The summed E-state index contributed by atoms with van der Waals surface area (Å²) < 4.78 is 125. The van der Waals surface area contributed by atoms with Crippen LogP contribution in [0.1, 0.15) is 19.8 Å². The van der Waals surface area contributed by atoms with E-state index in [9.17, 15) is 48.7 Å². The molecule has 0 spiro atoms. The van der Waals surface area contributed by atoms with Crippen molar-refractivity contribution in [3.63, 3.8) is 0 Å². The van der Waals surface area contributed by atoms with Gasteiger partial charge >= 0.3 is 23.9 Å². The number of rotatable bonds is 7. The molecule has 0 aliphatic heterocycles. The first-order valence-corrected chi connectivity index (χ1v) is 6.59. The molecule has 0 amide bonds. The first kappa shape index (κ1) is 21.3. The Morgan fingerprint density at radius 1 is 0.955 bits per heavy atom. The summed E-state index contributed by atoms with van der Waals surface area (Å²) in [5, 5.41) is -0.684. The third-order valence-electron chi connectivity index (χ3n) is 2.47. The molecule has 0 rings (SSSR count). The van der Waals surface area contributed by atoms with E-state index in [1.807, 2.05) is 0 Å². The minimum absolute atomic E-state index is 0.134. The fraction of sp³-hybridized carbons (Fsp3) is 0.900. The van der Waals surface area contributed by atoms with Gasteiger partial charge in [-0.05, 0) is 0 Å². The largest absolute Gasteiger partial charge is 0.456 e. The molecule has 0 aromatic carbocycles. The highest BCUT2D eigenvalue weighted by Crippen LogP contribution is 2.50. The number of hydrogen-bond donors (Lipinski definition) is 0. The Morgan fingerprint density at radius 2 is 1.41 bits per heavy atom. The average Bonchev–Trinajstić information content (AvgIpc) is 2.35. The zero-order valence-corrected chi connectivity index (χ0v) is 11.6. The molecule has 1 atom stereocenters. The maximum absolute atomic E-state index is 13.1. The molecule has 1 unspecified atom stereocenters. The first-order valence-electron chi connectivity index (χ1n) is 5.61. The van der Waals surface area contributed by atoms with Crippen molar-refractivity contribution in [1.82, 2.24) is 0 Å². The Balaban J connectivity index is 5.14. The second kappa shape index (κ2) is 6.83. The third kappa shape index (κ3) is 4.42. The van der Waals surface area contributed by atoms with Gasteiger partial charge in [-0.25, -0.2) is 4.39 Å². The molecule has 1 nitrogen and oxygen atoms in total. The van der Waals surface area contributed by atoms with E-state index in [4.69, 9.17) is 0 Å². The minimum atomic E-state index is -6.75. The van der Waals surface area contributed by atoms with Crippen molar-refractivity contribution >= 4 is 16.9 Å². The summed E-state index contributed by atoms with van der Waals surface area (Å²) in [6.45, 7) is 1.32. The highest BCUT2D eigenvalue weighted by molar-refractivity contribution is 8.13. The van der Waals surface area contributed by atoms with E-state index in [-0.39, 0.29) is 18.2 Å². The quantitative estimate of drug-likeness (QED) is 0.598. The summed E-state index contributed by atoms with van der Waals surface area (Å²) in [4.78, 5) is 10.8. The second-order valence-corrected chi connectivity index (χ2v) is 5.29. The zero-order valence-electron chi connectivity index (χ0n) is 10.8. The number of carbonyl (C=O) groups is 1. The lowest BCUT2D eigenvalue weighted by atomic mass is 9.99. The molecule has 0 saturated heterocycles. The van der Waals surface area contributed by atoms with Gasteiger partial charge in [0.15, 0.2) is 5.12 Å². The van der Waals surface area contributed by atoms with E-state index in [1.165, 1.54) is 6.92 Å². The Morgan fingerprint density at radius 3 is 1.77 bits per heavy atom. The predicted octanol–water partition coefficient (Wildman–Crippen LogP) is 4.85. The summed E-state index contributed by atoms with van der Waals surface area (Å²) in [7, 11) is 0. The van der Waals surface area contributed by atoms with Crippen molar-refractivity contribution in [2.45, 2.75) is 49.9 Å². The fourth-order valence-electron chi connectivity index (χ4n) is 1.12. The molecule has 0 radical (unpaired) electrons. The van der Waals surface area contributed by atoms with Gasteiger partial charge in [0.25, 0.3) is 0 Å². The molecule has 0 bridgehead atoms. The minimum Gasteiger partial charge on any atom is -0.287 e. The van der Waals surface area contributed by atoms with Crippen LogP contribution in [0.15, 0.2) is 0 Å².